The van der Waals surface area contributed by atoms with E-state index in [2.05, 4.69) is 53.8 Å². The average Bonchev–Trinajstić information content (AvgIpc) is 3.41. The number of piperidine rings is 2. The first-order chi connectivity index (χ1) is 19.9. The lowest BCUT2D eigenvalue weighted by Crippen LogP contribution is -2.45. The van der Waals surface area contributed by atoms with Crippen molar-refractivity contribution in [3.8, 4) is 0 Å². The Hall–Kier alpha value is -1.48. The summed E-state index contributed by atoms with van der Waals surface area (Å²) in [6.07, 6.45) is 10.6. The molecule has 0 unspecified atom stereocenters. The van der Waals surface area contributed by atoms with Crippen LogP contribution in [0.1, 0.15) is 73.2 Å². The Bertz CT molecular complexity index is 1280. The first kappa shape index (κ1) is 29.6. The molecule has 220 valence electrons. The van der Waals surface area contributed by atoms with Crippen molar-refractivity contribution in [3.05, 3.63) is 60.7 Å². The summed E-state index contributed by atoms with van der Waals surface area (Å²) in [7, 11) is 0. The third kappa shape index (κ3) is 6.71. The summed E-state index contributed by atoms with van der Waals surface area (Å²) in [5.41, 5.74) is 5.09. The van der Waals surface area contributed by atoms with Gasteiger partial charge in [-0.1, -0.05) is 27.5 Å². The van der Waals surface area contributed by atoms with Crippen molar-refractivity contribution in [1.82, 2.24) is 19.7 Å². The van der Waals surface area contributed by atoms with Gasteiger partial charge >= 0.3 is 0 Å². The molecule has 0 N–H and O–H groups in total. The summed E-state index contributed by atoms with van der Waals surface area (Å²) in [5.74, 6) is 1.51. The standard InChI is InChI=1S/C32H39Br2ClN4O2/c33-25-16-24-4-3-23-17-26(35)18-27(34)30(23)31(32(24)36-19-25)22-7-13-38(14-8-22)28(40)15-21-5-11-39(12-6-21)29(41)20-37-9-1-2-10-37/h16-19,21-22,31H,1-15,20H2/t31-/m1/s1. The average molecular weight is 707 g/mol. The minimum absolute atomic E-state index is 0.182. The van der Waals surface area contributed by atoms with Gasteiger partial charge in [-0.05, 0) is 127 Å². The summed E-state index contributed by atoms with van der Waals surface area (Å²) < 4.78 is 2.08. The number of carbonyl (C=O) groups is 2. The maximum atomic E-state index is 13.4. The molecule has 1 atom stereocenters. The van der Waals surface area contributed by atoms with Gasteiger partial charge in [-0.25, -0.2) is 0 Å². The summed E-state index contributed by atoms with van der Waals surface area (Å²) in [4.78, 5) is 37.4. The maximum absolute atomic E-state index is 13.4. The molecule has 6 rings (SSSR count). The van der Waals surface area contributed by atoms with Gasteiger partial charge in [-0.15, -0.1) is 0 Å². The highest BCUT2D eigenvalue weighted by Gasteiger charge is 2.37. The Morgan fingerprint density at radius 3 is 2.24 bits per heavy atom. The fourth-order valence-corrected chi connectivity index (χ4v) is 9.01. The minimum atomic E-state index is 0.182. The molecule has 6 nitrogen and oxygen atoms in total. The molecule has 9 heteroatoms. The van der Waals surface area contributed by atoms with Gasteiger partial charge in [-0.2, -0.15) is 0 Å². The molecule has 3 aliphatic heterocycles. The van der Waals surface area contributed by atoms with Gasteiger partial charge < -0.3 is 9.80 Å². The van der Waals surface area contributed by atoms with Gasteiger partial charge in [0, 0.05) is 58.7 Å². The van der Waals surface area contributed by atoms with Crippen molar-refractivity contribution in [2.24, 2.45) is 11.8 Å². The molecule has 4 heterocycles. The number of hydrogen-bond donors (Lipinski definition) is 0. The van der Waals surface area contributed by atoms with E-state index in [-0.39, 0.29) is 17.7 Å². The van der Waals surface area contributed by atoms with Crippen molar-refractivity contribution >= 4 is 55.3 Å². The number of nitrogens with zero attached hydrogens (tertiary/aromatic N) is 4. The van der Waals surface area contributed by atoms with Gasteiger partial charge in [0.1, 0.15) is 0 Å². The van der Waals surface area contributed by atoms with E-state index in [0.29, 0.717) is 24.8 Å². The zero-order valence-electron chi connectivity index (χ0n) is 23.6. The van der Waals surface area contributed by atoms with Crippen LogP contribution in [0.5, 0.6) is 0 Å². The van der Waals surface area contributed by atoms with Crippen LogP contribution in [0.3, 0.4) is 0 Å². The summed E-state index contributed by atoms with van der Waals surface area (Å²) >= 11 is 14.0. The third-order valence-corrected chi connectivity index (χ3v) is 11.1. The molecular weight excluding hydrogens is 668 g/mol. The molecule has 3 saturated heterocycles. The van der Waals surface area contributed by atoms with Gasteiger partial charge in [0.2, 0.25) is 11.8 Å². The number of rotatable bonds is 5. The van der Waals surface area contributed by atoms with E-state index < -0.39 is 0 Å². The van der Waals surface area contributed by atoms with E-state index in [4.69, 9.17) is 16.6 Å². The number of amides is 2. The highest BCUT2D eigenvalue weighted by molar-refractivity contribution is 9.10. The predicted molar refractivity (Wildman–Crippen MR) is 169 cm³/mol. The van der Waals surface area contributed by atoms with Gasteiger partial charge in [0.15, 0.2) is 0 Å². The first-order valence-corrected chi connectivity index (χ1v) is 17.2. The van der Waals surface area contributed by atoms with Crippen molar-refractivity contribution < 1.29 is 9.59 Å². The van der Waals surface area contributed by atoms with E-state index in [1.807, 2.05) is 17.2 Å². The highest BCUT2D eigenvalue weighted by atomic mass is 79.9. The largest absolute Gasteiger partial charge is 0.343 e. The molecule has 1 aliphatic carbocycles. The van der Waals surface area contributed by atoms with Gasteiger partial charge in [0.05, 0.1) is 12.2 Å². The summed E-state index contributed by atoms with van der Waals surface area (Å²) in [6.45, 7) is 5.81. The zero-order chi connectivity index (χ0) is 28.5. The van der Waals surface area contributed by atoms with Crippen LogP contribution < -0.4 is 0 Å². The Morgan fingerprint density at radius 1 is 0.854 bits per heavy atom. The SMILES string of the molecule is O=C(CC1CCN(C(=O)CN2CCCC2)CC1)N1CCC([C@H]2c3ncc(Br)cc3CCc3cc(Cl)cc(Br)c32)CC1. The second-order valence-corrected chi connectivity index (χ2v) is 14.6. The lowest BCUT2D eigenvalue weighted by molar-refractivity contribution is -0.135. The van der Waals surface area contributed by atoms with E-state index in [1.54, 1.807) is 0 Å². The van der Waals surface area contributed by atoms with Crippen LogP contribution in [-0.2, 0) is 22.4 Å². The monoisotopic (exact) mass is 704 g/mol. The van der Waals surface area contributed by atoms with Gasteiger partial charge in [0.25, 0.3) is 0 Å². The van der Waals surface area contributed by atoms with E-state index in [0.717, 1.165) is 91.8 Å². The van der Waals surface area contributed by atoms with Crippen molar-refractivity contribution in [2.45, 2.75) is 63.7 Å². The highest BCUT2D eigenvalue weighted by Crippen LogP contribution is 2.46. The fraction of sp³-hybridized carbons (Fsp3) is 0.594. The molecule has 0 radical (unpaired) electrons. The fourth-order valence-electron chi connectivity index (χ4n) is 7.51. The van der Waals surface area contributed by atoms with Crippen LogP contribution in [0, 0.1) is 11.8 Å². The normalized spacial score (nSPS) is 22.4. The number of fused-ring (bicyclic) bond motifs is 2. The molecule has 2 amide bonds. The Morgan fingerprint density at radius 2 is 1.51 bits per heavy atom. The molecule has 0 saturated carbocycles. The van der Waals surface area contributed by atoms with Crippen LogP contribution in [-0.4, -0.2) is 77.3 Å². The lowest BCUT2D eigenvalue weighted by Gasteiger charge is -2.38. The van der Waals surface area contributed by atoms with Crippen molar-refractivity contribution in [1.29, 1.82) is 0 Å². The van der Waals surface area contributed by atoms with Crippen LogP contribution in [0.2, 0.25) is 5.02 Å². The number of aryl methyl sites for hydroxylation is 2. The zero-order valence-corrected chi connectivity index (χ0v) is 27.5. The van der Waals surface area contributed by atoms with E-state index in [1.165, 1.54) is 35.2 Å². The molecule has 1 aromatic heterocycles. The number of likely N-dealkylation sites (tertiary alicyclic amines) is 3. The van der Waals surface area contributed by atoms with E-state index >= 15 is 0 Å². The summed E-state index contributed by atoms with van der Waals surface area (Å²) in [6, 6.07) is 6.36. The number of benzene rings is 1. The number of aromatic nitrogens is 1. The van der Waals surface area contributed by atoms with Crippen LogP contribution in [0.4, 0.5) is 0 Å². The maximum Gasteiger partial charge on any atom is 0.236 e. The molecule has 0 spiro atoms. The molecule has 41 heavy (non-hydrogen) atoms. The van der Waals surface area contributed by atoms with Crippen LogP contribution >= 0.6 is 43.5 Å². The second-order valence-electron chi connectivity index (χ2n) is 12.4. The number of carbonyl (C=O) groups excluding carboxylic acids is 2. The van der Waals surface area contributed by atoms with Crippen LogP contribution in [0.25, 0.3) is 0 Å². The molecule has 2 aromatic rings. The Kier molecular flexibility index (Phi) is 9.40. The number of pyridine rings is 1. The lowest BCUT2D eigenvalue weighted by atomic mass is 9.76. The molecular formula is C32H39Br2ClN4O2. The topological polar surface area (TPSA) is 56.8 Å². The predicted octanol–water partition coefficient (Wildman–Crippen LogP) is 6.45. The first-order valence-electron chi connectivity index (χ1n) is 15.3. The number of halogens is 3. The third-order valence-electron chi connectivity index (χ3n) is 9.77. The molecule has 0 bridgehead atoms. The summed E-state index contributed by atoms with van der Waals surface area (Å²) in [5, 5.41) is 0.761. The Labute approximate surface area is 265 Å². The molecule has 3 fully saturated rings. The molecule has 1 aromatic carbocycles. The van der Waals surface area contributed by atoms with E-state index in [9.17, 15) is 9.59 Å². The smallest absolute Gasteiger partial charge is 0.236 e. The second kappa shape index (κ2) is 13.0. The van der Waals surface area contributed by atoms with Crippen molar-refractivity contribution in [2.75, 3.05) is 45.8 Å². The van der Waals surface area contributed by atoms with Crippen molar-refractivity contribution in [3.63, 3.8) is 0 Å². The Balaban J connectivity index is 1.07. The quantitative estimate of drug-likeness (QED) is 0.359. The van der Waals surface area contributed by atoms with Crippen LogP contribution in [0.15, 0.2) is 33.3 Å². The van der Waals surface area contributed by atoms with Gasteiger partial charge in [-0.3, -0.25) is 19.5 Å². The number of hydrogen-bond acceptors (Lipinski definition) is 4. The molecule has 4 aliphatic rings. The minimum Gasteiger partial charge on any atom is -0.343 e.